The number of hydrogen-bond donors (Lipinski definition) is 0. The molecule has 0 N–H and O–H groups in total. The van der Waals surface area contributed by atoms with Crippen molar-refractivity contribution in [3.05, 3.63) is 0 Å². The lowest BCUT2D eigenvalue weighted by Gasteiger charge is -2.45. The smallest absolute Gasteiger partial charge is 0.0176 e. The number of hydrogen-bond acceptors (Lipinski definition) is 1. The van der Waals surface area contributed by atoms with Crippen LogP contribution in [-0.4, -0.2) is 23.5 Å². The van der Waals surface area contributed by atoms with Crippen LogP contribution in [0.5, 0.6) is 0 Å². The second kappa shape index (κ2) is 4.00. The van der Waals surface area contributed by atoms with Crippen LogP contribution in [0.4, 0.5) is 0 Å². The summed E-state index contributed by atoms with van der Waals surface area (Å²) in [6.07, 6.45) is 2.81. The van der Waals surface area contributed by atoms with Crippen LogP contribution >= 0.6 is 0 Å². The van der Waals surface area contributed by atoms with Gasteiger partial charge in [-0.1, -0.05) is 20.8 Å². The molecule has 1 unspecified atom stereocenters. The third-order valence-corrected chi connectivity index (χ3v) is 3.88. The van der Waals surface area contributed by atoms with Crippen LogP contribution < -0.4 is 0 Å². The molecule has 0 amide bonds. The molecular weight excluding hydrogens is 158 g/mol. The average molecular weight is 183 g/mol. The van der Waals surface area contributed by atoms with Crippen molar-refractivity contribution < 1.29 is 0 Å². The lowest BCUT2D eigenvalue weighted by atomic mass is 9.85. The molecular formula is C12H25N. The van der Waals surface area contributed by atoms with Gasteiger partial charge in [0.25, 0.3) is 0 Å². The first kappa shape index (κ1) is 11.0. The summed E-state index contributed by atoms with van der Waals surface area (Å²) < 4.78 is 0. The number of likely N-dealkylation sites (tertiary alicyclic amines) is 1. The number of rotatable bonds is 2. The van der Waals surface area contributed by atoms with Gasteiger partial charge in [0.15, 0.2) is 0 Å². The summed E-state index contributed by atoms with van der Waals surface area (Å²) in [5.74, 6) is 1.64. The maximum Gasteiger partial charge on any atom is 0.0176 e. The lowest BCUT2D eigenvalue weighted by molar-refractivity contribution is 0.0386. The maximum atomic E-state index is 2.67. The van der Waals surface area contributed by atoms with E-state index >= 15 is 0 Å². The molecule has 0 aromatic rings. The summed E-state index contributed by atoms with van der Waals surface area (Å²) in [7, 11) is 0. The van der Waals surface area contributed by atoms with Crippen LogP contribution in [0.25, 0.3) is 0 Å². The Bertz CT molecular complexity index is 161. The Balaban J connectivity index is 2.59. The van der Waals surface area contributed by atoms with Gasteiger partial charge < -0.3 is 0 Å². The van der Waals surface area contributed by atoms with E-state index in [1.807, 2.05) is 0 Å². The van der Waals surface area contributed by atoms with Crippen LogP contribution in [0.3, 0.4) is 0 Å². The molecule has 1 aliphatic heterocycles. The van der Waals surface area contributed by atoms with E-state index in [1.165, 1.54) is 25.9 Å². The normalized spacial score (nSPS) is 26.8. The third kappa shape index (κ3) is 2.46. The Morgan fingerprint density at radius 2 is 1.92 bits per heavy atom. The predicted octanol–water partition coefficient (Wildman–Crippen LogP) is 3.15. The highest BCUT2D eigenvalue weighted by Crippen LogP contribution is 2.28. The second-order valence-corrected chi connectivity index (χ2v) is 5.50. The molecule has 1 heterocycles. The van der Waals surface area contributed by atoms with E-state index in [9.17, 15) is 0 Å². The topological polar surface area (TPSA) is 3.24 Å². The van der Waals surface area contributed by atoms with Gasteiger partial charge in [-0.3, -0.25) is 4.90 Å². The van der Waals surface area contributed by atoms with E-state index in [2.05, 4.69) is 39.5 Å². The Morgan fingerprint density at radius 3 is 2.38 bits per heavy atom. The third-order valence-electron chi connectivity index (χ3n) is 3.88. The fourth-order valence-electron chi connectivity index (χ4n) is 2.08. The van der Waals surface area contributed by atoms with E-state index in [4.69, 9.17) is 0 Å². The molecule has 13 heavy (non-hydrogen) atoms. The summed E-state index contributed by atoms with van der Waals surface area (Å²) in [5.41, 5.74) is 0.384. The first-order chi connectivity index (χ1) is 5.94. The minimum absolute atomic E-state index is 0.384. The van der Waals surface area contributed by atoms with Crippen molar-refractivity contribution in [3.8, 4) is 0 Å². The SMILES string of the molecule is CC1CCCN(C(C)(C)C(C)C)C1. The standard InChI is InChI=1S/C12H25N/c1-10(2)12(4,5)13-8-6-7-11(3)9-13/h10-11H,6-9H2,1-5H3. The fourth-order valence-corrected chi connectivity index (χ4v) is 2.08. The van der Waals surface area contributed by atoms with Gasteiger partial charge in [-0.15, -0.1) is 0 Å². The summed E-state index contributed by atoms with van der Waals surface area (Å²) >= 11 is 0. The van der Waals surface area contributed by atoms with Gasteiger partial charge >= 0.3 is 0 Å². The molecule has 0 saturated carbocycles. The molecule has 1 nitrogen and oxygen atoms in total. The van der Waals surface area contributed by atoms with E-state index in [1.54, 1.807) is 0 Å². The van der Waals surface area contributed by atoms with Gasteiger partial charge in [0.1, 0.15) is 0 Å². The van der Waals surface area contributed by atoms with Crippen LogP contribution in [0.1, 0.15) is 47.5 Å². The highest BCUT2D eigenvalue weighted by Gasteiger charge is 2.32. The molecule has 1 heteroatoms. The van der Waals surface area contributed by atoms with E-state index in [-0.39, 0.29) is 0 Å². The lowest BCUT2D eigenvalue weighted by Crippen LogP contribution is -2.51. The van der Waals surface area contributed by atoms with Crippen LogP contribution in [0.15, 0.2) is 0 Å². The second-order valence-electron chi connectivity index (χ2n) is 5.50. The number of nitrogens with zero attached hydrogens (tertiary/aromatic N) is 1. The van der Waals surface area contributed by atoms with Crippen molar-refractivity contribution in [3.63, 3.8) is 0 Å². The molecule has 1 aliphatic rings. The number of piperidine rings is 1. The Hall–Kier alpha value is -0.0400. The van der Waals surface area contributed by atoms with Gasteiger partial charge in [0.05, 0.1) is 0 Å². The highest BCUT2D eigenvalue weighted by molar-refractivity contribution is 4.87. The van der Waals surface area contributed by atoms with Crippen molar-refractivity contribution in [1.82, 2.24) is 4.90 Å². The molecule has 0 aromatic carbocycles. The molecule has 1 rings (SSSR count). The average Bonchev–Trinajstić information content (AvgIpc) is 2.04. The van der Waals surface area contributed by atoms with Crippen molar-refractivity contribution in [1.29, 1.82) is 0 Å². The fraction of sp³-hybridized carbons (Fsp3) is 1.00. The van der Waals surface area contributed by atoms with Crippen LogP contribution in [0, 0.1) is 11.8 Å². The van der Waals surface area contributed by atoms with Crippen LogP contribution in [-0.2, 0) is 0 Å². The molecule has 0 aliphatic carbocycles. The summed E-state index contributed by atoms with van der Waals surface area (Å²) in [6.45, 7) is 14.4. The van der Waals surface area contributed by atoms with Gasteiger partial charge in [0, 0.05) is 12.1 Å². The van der Waals surface area contributed by atoms with Gasteiger partial charge in [-0.2, -0.15) is 0 Å². The molecule has 0 radical (unpaired) electrons. The zero-order valence-corrected chi connectivity index (χ0v) is 9.93. The summed E-state index contributed by atoms with van der Waals surface area (Å²) in [5, 5.41) is 0. The zero-order chi connectivity index (χ0) is 10.1. The molecule has 0 bridgehead atoms. The van der Waals surface area contributed by atoms with E-state index in [0.29, 0.717) is 5.54 Å². The summed E-state index contributed by atoms with van der Waals surface area (Å²) in [4.78, 5) is 2.67. The highest BCUT2D eigenvalue weighted by atomic mass is 15.2. The maximum absolute atomic E-state index is 2.67. The molecule has 1 atom stereocenters. The zero-order valence-electron chi connectivity index (χ0n) is 9.93. The largest absolute Gasteiger partial charge is 0.298 e. The molecule has 78 valence electrons. The Labute approximate surface area is 83.5 Å². The molecule has 0 spiro atoms. The minimum atomic E-state index is 0.384. The predicted molar refractivity (Wildman–Crippen MR) is 58.9 cm³/mol. The van der Waals surface area contributed by atoms with Gasteiger partial charge in [-0.05, 0) is 45.1 Å². The Kier molecular flexibility index (Phi) is 3.39. The van der Waals surface area contributed by atoms with Crippen molar-refractivity contribution in [2.24, 2.45) is 11.8 Å². The minimum Gasteiger partial charge on any atom is -0.298 e. The van der Waals surface area contributed by atoms with E-state index in [0.717, 1.165) is 11.8 Å². The monoisotopic (exact) mass is 183 g/mol. The van der Waals surface area contributed by atoms with Crippen LogP contribution in [0.2, 0.25) is 0 Å². The molecule has 0 aromatic heterocycles. The molecule has 1 saturated heterocycles. The molecule has 1 fully saturated rings. The van der Waals surface area contributed by atoms with Crippen molar-refractivity contribution in [2.45, 2.75) is 53.0 Å². The van der Waals surface area contributed by atoms with Crippen molar-refractivity contribution in [2.75, 3.05) is 13.1 Å². The van der Waals surface area contributed by atoms with Crippen molar-refractivity contribution >= 4 is 0 Å². The van der Waals surface area contributed by atoms with E-state index < -0.39 is 0 Å². The van der Waals surface area contributed by atoms with Gasteiger partial charge in [-0.25, -0.2) is 0 Å². The Morgan fingerprint density at radius 1 is 1.31 bits per heavy atom. The summed E-state index contributed by atoms with van der Waals surface area (Å²) in [6, 6.07) is 0. The quantitative estimate of drug-likeness (QED) is 0.635. The first-order valence-corrected chi connectivity index (χ1v) is 5.69. The first-order valence-electron chi connectivity index (χ1n) is 5.69. The van der Waals surface area contributed by atoms with Gasteiger partial charge in [0.2, 0.25) is 0 Å².